The van der Waals surface area contributed by atoms with Crippen molar-refractivity contribution in [2.45, 2.75) is 42.6 Å². The van der Waals surface area contributed by atoms with Crippen molar-refractivity contribution in [3.8, 4) is 0 Å². The highest BCUT2D eigenvalue weighted by atomic mass is 16.4. The van der Waals surface area contributed by atoms with Crippen molar-refractivity contribution < 1.29 is 25.5 Å². The lowest BCUT2D eigenvalue weighted by molar-refractivity contribution is -0.105. The van der Waals surface area contributed by atoms with Crippen molar-refractivity contribution >= 4 is 0 Å². The van der Waals surface area contributed by atoms with Gasteiger partial charge < -0.3 is 30.8 Å². The molecule has 2 aliphatic heterocycles. The van der Waals surface area contributed by atoms with Gasteiger partial charge in [0.2, 0.25) is 0 Å². The normalized spacial score (nSPS) is 61.2. The maximum Gasteiger partial charge on any atom is 0.109 e. The molecule has 13 heavy (non-hydrogen) atoms. The predicted molar refractivity (Wildman–Crippen MR) is 40.7 cm³/mol. The summed E-state index contributed by atoms with van der Waals surface area (Å²) < 4.78 is 0. The lowest BCUT2D eigenvalue weighted by Crippen LogP contribution is -2.62. The summed E-state index contributed by atoms with van der Waals surface area (Å²) in [4.78, 5) is 0. The van der Waals surface area contributed by atoms with E-state index in [-0.39, 0.29) is 0 Å². The average Bonchev–Trinajstić information content (AvgIpc) is 2.38. The van der Waals surface area contributed by atoms with E-state index >= 15 is 0 Å². The average molecular weight is 191 g/mol. The highest BCUT2D eigenvalue weighted by molar-refractivity contribution is 5.12. The Hall–Kier alpha value is -0.240. The summed E-state index contributed by atoms with van der Waals surface area (Å²) in [5.74, 6) is 0. The molecule has 6 nitrogen and oxygen atoms in total. The third-order valence-corrected chi connectivity index (χ3v) is 2.91. The second kappa shape index (κ2) is 2.88. The van der Waals surface area contributed by atoms with Crippen LogP contribution in [0.2, 0.25) is 0 Å². The monoisotopic (exact) mass is 191 g/mol. The van der Waals surface area contributed by atoms with Crippen molar-refractivity contribution in [2.75, 3.05) is 0 Å². The molecule has 6 unspecified atom stereocenters. The highest BCUT2D eigenvalue weighted by Crippen LogP contribution is 2.28. The zero-order valence-corrected chi connectivity index (χ0v) is 6.78. The standard InChI is InChI=1S/C7H13NO5/c9-3-1-5(11)7(13)6(12)2(8-1)4(3)10/h1-13H. The third-order valence-electron chi connectivity index (χ3n) is 2.91. The zero-order chi connectivity index (χ0) is 9.75. The Kier molecular flexibility index (Phi) is 2.06. The minimum atomic E-state index is -1.32. The minimum Gasteiger partial charge on any atom is -0.389 e. The van der Waals surface area contributed by atoms with Crippen LogP contribution in [0.4, 0.5) is 0 Å². The van der Waals surface area contributed by atoms with Gasteiger partial charge in [-0.25, -0.2) is 0 Å². The minimum absolute atomic E-state index is 0.765. The number of hydrogen-bond donors (Lipinski definition) is 6. The molecule has 76 valence electrons. The Bertz CT molecular complexity index is 193. The van der Waals surface area contributed by atoms with Crippen molar-refractivity contribution in [1.29, 1.82) is 0 Å². The Morgan fingerprint density at radius 3 is 1.23 bits per heavy atom. The van der Waals surface area contributed by atoms with Crippen molar-refractivity contribution in [1.82, 2.24) is 5.32 Å². The molecule has 0 amide bonds. The fourth-order valence-electron chi connectivity index (χ4n) is 2.07. The number of piperidine rings is 1. The van der Waals surface area contributed by atoms with Gasteiger partial charge in [-0.15, -0.1) is 0 Å². The van der Waals surface area contributed by atoms with Crippen molar-refractivity contribution in [3.63, 3.8) is 0 Å². The molecule has 2 aliphatic rings. The number of hydrogen-bond acceptors (Lipinski definition) is 6. The first-order valence-electron chi connectivity index (χ1n) is 4.20. The molecule has 2 heterocycles. The van der Waals surface area contributed by atoms with Gasteiger partial charge in [0.05, 0.1) is 24.3 Å². The molecular formula is C7H13NO5. The molecule has 0 aromatic carbocycles. The summed E-state index contributed by atoms with van der Waals surface area (Å²) in [5.41, 5.74) is 0. The maximum atomic E-state index is 9.38. The van der Waals surface area contributed by atoms with Gasteiger partial charge in [-0.1, -0.05) is 0 Å². The van der Waals surface area contributed by atoms with Crippen LogP contribution in [0, 0.1) is 0 Å². The van der Waals surface area contributed by atoms with Gasteiger partial charge in [0.25, 0.3) is 0 Å². The number of fused-ring (bicyclic) bond motifs is 2. The molecule has 6 heteroatoms. The molecule has 0 radical (unpaired) electrons. The molecule has 6 N–H and O–H groups in total. The first-order chi connectivity index (χ1) is 6.04. The number of rotatable bonds is 0. The van der Waals surface area contributed by atoms with Crippen LogP contribution in [0.25, 0.3) is 0 Å². The molecular weight excluding hydrogens is 178 g/mol. The molecule has 2 bridgehead atoms. The topological polar surface area (TPSA) is 113 Å². The van der Waals surface area contributed by atoms with Gasteiger partial charge in [-0.2, -0.15) is 0 Å². The van der Waals surface area contributed by atoms with Gasteiger partial charge in [0.15, 0.2) is 0 Å². The molecule has 2 saturated heterocycles. The van der Waals surface area contributed by atoms with E-state index in [2.05, 4.69) is 5.32 Å². The van der Waals surface area contributed by atoms with Crippen LogP contribution in [-0.2, 0) is 0 Å². The van der Waals surface area contributed by atoms with E-state index in [1.807, 2.05) is 0 Å². The van der Waals surface area contributed by atoms with E-state index in [0.29, 0.717) is 0 Å². The fourth-order valence-corrected chi connectivity index (χ4v) is 2.07. The third kappa shape index (κ3) is 1.11. The molecule has 0 saturated carbocycles. The van der Waals surface area contributed by atoms with Gasteiger partial charge in [-0.05, 0) is 0 Å². The lowest BCUT2D eigenvalue weighted by atomic mass is 9.96. The van der Waals surface area contributed by atoms with E-state index in [9.17, 15) is 25.5 Å². The molecule has 2 fully saturated rings. The first-order valence-corrected chi connectivity index (χ1v) is 4.20. The van der Waals surface area contributed by atoms with Crippen LogP contribution in [0.15, 0.2) is 0 Å². The zero-order valence-electron chi connectivity index (χ0n) is 6.78. The summed E-state index contributed by atoms with van der Waals surface area (Å²) in [6.07, 6.45) is -6.11. The molecule has 0 aliphatic carbocycles. The quantitative estimate of drug-likeness (QED) is 0.234. The molecule has 2 rings (SSSR count). The van der Waals surface area contributed by atoms with E-state index in [1.54, 1.807) is 0 Å². The summed E-state index contributed by atoms with van der Waals surface area (Å²) in [5, 5.41) is 49.5. The van der Waals surface area contributed by atoms with Crippen molar-refractivity contribution in [3.05, 3.63) is 0 Å². The second-order valence-electron chi connectivity index (χ2n) is 3.67. The van der Waals surface area contributed by atoms with E-state index in [0.717, 1.165) is 0 Å². The van der Waals surface area contributed by atoms with Gasteiger partial charge in [-0.3, -0.25) is 0 Å². The molecule has 0 aromatic heterocycles. The fraction of sp³-hybridized carbons (Fsp3) is 1.00. The highest BCUT2D eigenvalue weighted by Gasteiger charge is 2.55. The van der Waals surface area contributed by atoms with Gasteiger partial charge in [0, 0.05) is 0 Å². The van der Waals surface area contributed by atoms with Crippen LogP contribution >= 0.6 is 0 Å². The summed E-state index contributed by atoms with van der Waals surface area (Å²) >= 11 is 0. The first kappa shape index (κ1) is 9.32. The molecule has 6 atom stereocenters. The largest absolute Gasteiger partial charge is 0.389 e. The van der Waals surface area contributed by atoms with Crippen LogP contribution in [-0.4, -0.2) is 68.1 Å². The van der Waals surface area contributed by atoms with Gasteiger partial charge >= 0.3 is 0 Å². The summed E-state index contributed by atoms with van der Waals surface area (Å²) in [6, 6.07) is -1.53. The Labute approximate surface area is 74.4 Å². The molecule has 0 aromatic rings. The number of nitrogens with one attached hydrogen (secondary N) is 1. The number of aliphatic hydroxyl groups is 5. The van der Waals surface area contributed by atoms with Crippen LogP contribution < -0.4 is 5.32 Å². The molecule has 0 spiro atoms. The summed E-state index contributed by atoms with van der Waals surface area (Å²) in [7, 11) is 0. The smallest absolute Gasteiger partial charge is 0.109 e. The summed E-state index contributed by atoms with van der Waals surface area (Å²) in [6.45, 7) is 0. The lowest BCUT2D eigenvalue weighted by Gasteiger charge is -2.35. The van der Waals surface area contributed by atoms with Crippen LogP contribution in [0.3, 0.4) is 0 Å². The van der Waals surface area contributed by atoms with E-state index < -0.39 is 42.6 Å². The Morgan fingerprint density at radius 2 is 0.846 bits per heavy atom. The SMILES string of the molecule is OC1C(O)C2NC(C1O)C(O)C2O. The second-order valence-corrected chi connectivity index (χ2v) is 3.67. The van der Waals surface area contributed by atoms with Crippen LogP contribution in [0.1, 0.15) is 0 Å². The van der Waals surface area contributed by atoms with E-state index in [1.165, 1.54) is 0 Å². The predicted octanol–water partition coefficient (Wildman–Crippen LogP) is -3.86. The van der Waals surface area contributed by atoms with Crippen LogP contribution in [0.5, 0.6) is 0 Å². The van der Waals surface area contributed by atoms with E-state index in [4.69, 9.17) is 0 Å². The Balaban J connectivity index is 2.26. The Morgan fingerprint density at radius 1 is 0.538 bits per heavy atom. The van der Waals surface area contributed by atoms with Crippen molar-refractivity contribution in [2.24, 2.45) is 0 Å². The maximum absolute atomic E-state index is 9.38. The van der Waals surface area contributed by atoms with Gasteiger partial charge in [0.1, 0.15) is 18.3 Å². The number of aliphatic hydroxyl groups excluding tert-OH is 5.